The highest BCUT2D eigenvalue weighted by Crippen LogP contribution is 2.43. The molecule has 7 aromatic carbocycles. The Morgan fingerprint density at radius 3 is 1.94 bits per heavy atom. The van der Waals surface area contributed by atoms with Crippen LogP contribution >= 0.6 is 0 Å². The molecule has 11 rings (SSSR count). The van der Waals surface area contributed by atoms with Crippen molar-refractivity contribution in [2.24, 2.45) is 0 Å². The van der Waals surface area contributed by atoms with Crippen LogP contribution in [0.1, 0.15) is 0 Å². The van der Waals surface area contributed by atoms with E-state index in [0.717, 1.165) is 82.6 Å². The standard InChI is InChI=1S/C46H27N3O2/c1-3-13-28(14-4-1)29-25-26-37-36(27-29)41-34(20-12-22-38(41)49(37)30-15-5-2-6-16-30)46-47-42-33-18-8-10-24-40(33)51-45(42)43(48-46)35-21-11-19-32-31-17-7-9-23-39(31)50-44(32)35/h1-27H. The molecule has 0 aliphatic heterocycles. The van der Waals surface area contributed by atoms with Crippen LogP contribution < -0.4 is 0 Å². The van der Waals surface area contributed by atoms with Gasteiger partial charge in [-0.2, -0.15) is 0 Å². The molecule has 0 radical (unpaired) electrons. The van der Waals surface area contributed by atoms with E-state index in [2.05, 4.69) is 132 Å². The van der Waals surface area contributed by atoms with Crippen molar-refractivity contribution in [3.63, 3.8) is 0 Å². The summed E-state index contributed by atoms with van der Waals surface area (Å²) in [5, 5.41) is 5.27. The normalized spacial score (nSPS) is 11.9. The van der Waals surface area contributed by atoms with Gasteiger partial charge in [-0.25, -0.2) is 9.97 Å². The van der Waals surface area contributed by atoms with Crippen molar-refractivity contribution in [1.29, 1.82) is 0 Å². The van der Waals surface area contributed by atoms with Crippen molar-refractivity contribution in [3.8, 4) is 39.5 Å². The van der Waals surface area contributed by atoms with Crippen molar-refractivity contribution in [2.45, 2.75) is 0 Å². The quantitative estimate of drug-likeness (QED) is 0.190. The largest absolute Gasteiger partial charge is 0.455 e. The Bertz CT molecular complexity index is 3130. The van der Waals surface area contributed by atoms with Gasteiger partial charge in [0.05, 0.1) is 11.0 Å². The van der Waals surface area contributed by atoms with Crippen molar-refractivity contribution >= 4 is 65.8 Å². The summed E-state index contributed by atoms with van der Waals surface area (Å²) in [6.45, 7) is 0. The number of hydrogen-bond donors (Lipinski definition) is 0. The number of fused-ring (bicyclic) bond motifs is 9. The molecule has 238 valence electrons. The van der Waals surface area contributed by atoms with E-state index >= 15 is 0 Å². The van der Waals surface area contributed by atoms with Crippen LogP contribution in [0.5, 0.6) is 0 Å². The maximum Gasteiger partial charge on any atom is 0.180 e. The summed E-state index contributed by atoms with van der Waals surface area (Å²) in [6, 6.07) is 56.7. The molecule has 0 aliphatic rings. The van der Waals surface area contributed by atoms with Crippen LogP contribution in [0.25, 0.3) is 105 Å². The van der Waals surface area contributed by atoms with E-state index in [9.17, 15) is 0 Å². The molecule has 4 aromatic heterocycles. The maximum absolute atomic E-state index is 6.57. The first-order valence-electron chi connectivity index (χ1n) is 17.1. The number of nitrogens with zero attached hydrogens (tertiary/aromatic N) is 3. The zero-order valence-electron chi connectivity index (χ0n) is 27.2. The summed E-state index contributed by atoms with van der Waals surface area (Å²) in [5.74, 6) is 0.625. The molecular formula is C46H27N3O2. The molecule has 5 heteroatoms. The summed E-state index contributed by atoms with van der Waals surface area (Å²) in [6.07, 6.45) is 0. The van der Waals surface area contributed by atoms with Crippen LogP contribution in [0.2, 0.25) is 0 Å². The van der Waals surface area contributed by atoms with E-state index in [1.54, 1.807) is 0 Å². The fourth-order valence-corrected chi connectivity index (χ4v) is 7.75. The third kappa shape index (κ3) is 4.15. The number of para-hydroxylation sites is 4. The smallest absolute Gasteiger partial charge is 0.180 e. The van der Waals surface area contributed by atoms with E-state index in [1.807, 2.05) is 36.4 Å². The molecular weight excluding hydrogens is 627 g/mol. The van der Waals surface area contributed by atoms with Gasteiger partial charge >= 0.3 is 0 Å². The highest BCUT2D eigenvalue weighted by atomic mass is 16.3. The Morgan fingerprint density at radius 2 is 1.10 bits per heavy atom. The second-order valence-electron chi connectivity index (χ2n) is 12.9. The van der Waals surface area contributed by atoms with Crippen LogP contribution in [-0.2, 0) is 0 Å². The van der Waals surface area contributed by atoms with Crippen LogP contribution in [0, 0.1) is 0 Å². The monoisotopic (exact) mass is 653 g/mol. The molecule has 11 aromatic rings. The lowest BCUT2D eigenvalue weighted by molar-refractivity contribution is 0.663. The van der Waals surface area contributed by atoms with Gasteiger partial charge in [0.1, 0.15) is 28.0 Å². The minimum atomic E-state index is 0.625. The Kier molecular flexibility index (Phi) is 5.89. The minimum absolute atomic E-state index is 0.625. The van der Waals surface area contributed by atoms with Crippen LogP contribution in [0.4, 0.5) is 0 Å². The summed E-state index contributed by atoms with van der Waals surface area (Å²) < 4.78 is 15.4. The number of benzene rings is 7. The topological polar surface area (TPSA) is 57.0 Å². The molecule has 0 saturated carbocycles. The molecule has 0 atom stereocenters. The lowest BCUT2D eigenvalue weighted by atomic mass is 10.0. The average molecular weight is 654 g/mol. The molecule has 0 fully saturated rings. The molecule has 4 heterocycles. The molecule has 0 amide bonds. The third-order valence-electron chi connectivity index (χ3n) is 10.0. The zero-order chi connectivity index (χ0) is 33.5. The van der Waals surface area contributed by atoms with Crippen molar-refractivity contribution < 1.29 is 8.83 Å². The molecule has 0 bridgehead atoms. The molecule has 5 nitrogen and oxygen atoms in total. The molecule has 0 N–H and O–H groups in total. The van der Waals surface area contributed by atoms with Gasteiger partial charge < -0.3 is 13.4 Å². The second-order valence-corrected chi connectivity index (χ2v) is 12.9. The van der Waals surface area contributed by atoms with Gasteiger partial charge in [-0.15, -0.1) is 0 Å². The first kappa shape index (κ1) is 27.9. The zero-order valence-corrected chi connectivity index (χ0v) is 27.2. The van der Waals surface area contributed by atoms with E-state index in [0.29, 0.717) is 17.1 Å². The van der Waals surface area contributed by atoms with E-state index in [-0.39, 0.29) is 0 Å². The minimum Gasteiger partial charge on any atom is -0.455 e. The van der Waals surface area contributed by atoms with Crippen molar-refractivity contribution in [3.05, 3.63) is 164 Å². The van der Waals surface area contributed by atoms with E-state index in [1.165, 1.54) is 5.56 Å². The predicted molar refractivity (Wildman–Crippen MR) is 207 cm³/mol. The van der Waals surface area contributed by atoms with E-state index < -0.39 is 0 Å². The average Bonchev–Trinajstić information content (AvgIpc) is 3.88. The Labute approximate surface area is 291 Å². The first-order valence-corrected chi connectivity index (χ1v) is 17.1. The van der Waals surface area contributed by atoms with Crippen LogP contribution in [0.15, 0.2) is 173 Å². The Balaban J connectivity index is 1.26. The molecule has 51 heavy (non-hydrogen) atoms. The summed E-state index contributed by atoms with van der Waals surface area (Å²) in [5.41, 5.74) is 11.9. The molecule has 0 saturated heterocycles. The van der Waals surface area contributed by atoms with Crippen LogP contribution in [-0.4, -0.2) is 14.5 Å². The maximum atomic E-state index is 6.57. The van der Waals surface area contributed by atoms with Gasteiger partial charge in [-0.1, -0.05) is 109 Å². The van der Waals surface area contributed by atoms with E-state index in [4.69, 9.17) is 18.8 Å². The van der Waals surface area contributed by atoms with Crippen molar-refractivity contribution in [2.75, 3.05) is 0 Å². The highest BCUT2D eigenvalue weighted by Gasteiger charge is 2.24. The molecule has 0 aliphatic carbocycles. The van der Waals surface area contributed by atoms with Gasteiger partial charge in [0, 0.05) is 43.7 Å². The first-order chi connectivity index (χ1) is 25.3. The van der Waals surface area contributed by atoms with Gasteiger partial charge in [0.25, 0.3) is 0 Å². The number of hydrogen-bond acceptors (Lipinski definition) is 4. The van der Waals surface area contributed by atoms with Gasteiger partial charge in [0.2, 0.25) is 0 Å². The number of rotatable bonds is 4. The fraction of sp³-hybridized carbons (Fsp3) is 0. The lowest BCUT2D eigenvalue weighted by Gasteiger charge is -2.09. The molecule has 0 unspecified atom stereocenters. The predicted octanol–water partition coefficient (Wildman–Crippen LogP) is 12.4. The second kappa shape index (κ2) is 10.8. The van der Waals surface area contributed by atoms with Gasteiger partial charge in [0.15, 0.2) is 11.4 Å². The highest BCUT2D eigenvalue weighted by molar-refractivity contribution is 6.17. The van der Waals surface area contributed by atoms with Gasteiger partial charge in [-0.3, -0.25) is 0 Å². The number of furan rings is 2. The summed E-state index contributed by atoms with van der Waals surface area (Å²) in [7, 11) is 0. The molecule has 0 spiro atoms. The lowest BCUT2D eigenvalue weighted by Crippen LogP contribution is -1.96. The SMILES string of the molecule is c1ccc(-c2ccc3c(c2)c2c(-c4nc(-c5cccc6c5oc5ccccc56)c5oc6ccccc6c5n4)cccc2n3-c2ccccc2)cc1. The van der Waals surface area contributed by atoms with Gasteiger partial charge in [-0.05, 0) is 65.7 Å². The summed E-state index contributed by atoms with van der Waals surface area (Å²) in [4.78, 5) is 10.7. The Hall–Kier alpha value is -6.98. The van der Waals surface area contributed by atoms with Crippen molar-refractivity contribution in [1.82, 2.24) is 14.5 Å². The fourth-order valence-electron chi connectivity index (χ4n) is 7.75. The third-order valence-corrected chi connectivity index (χ3v) is 10.0. The van der Waals surface area contributed by atoms with Crippen LogP contribution in [0.3, 0.4) is 0 Å². The Morgan fingerprint density at radius 1 is 0.431 bits per heavy atom. The summed E-state index contributed by atoms with van der Waals surface area (Å²) >= 11 is 0. The number of aromatic nitrogens is 3.